The Hall–Kier alpha value is -5.39. The lowest BCUT2D eigenvalue weighted by Crippen LogP contribution is -2.62. The van der Waals surface area contributed by atoms with Crippen molar-refractivity contribution in [1.29, 1.82) is 0 Å². The van der Waals surface area contributed by atoms with Crippen LogP contribution in [-0.4, -0.2) is 102 Å². The molecule has 1 aliphatic heterocycles. The zero-order chi connectivity index (χ0) is 32.3. The number of carboxylic acids is 2. The van der Waals surface area contributed by atoms with E-state index in [0.717, 1.165) is 24.3 Å². The van der Waals surface area contributed by atoms with Crippen molar-refractivity contribution >= 4 is 34.8 Å². The molecule has 1 aromatic heterocycles. The molecule has 234 valence electrons. The van der Waals surface area contributed by atoms with Gasteiger partial charge >= 0.3 is 35.2 Å². The maximum Gasteiger partial charge on any atom is 0.402 e. The highest BCUT2D eigenvalue weighted by Crippen LogP contribution is 2.42. The van der Waals surface area contributed by atoms with Crippen LogP contribution in [0.25, 0.3) is 22.3 Å². The molecule has 3 aromatic rings. The van der Waals surface area contributed by atoms with Crippen LogP contribution in [0.4, 0.5) is 0 Å². The Balaban J connectivity index is 1.78. The third kappa shape index (κ3) is 6.97. The predicted octanol–water partition coefficient (Wildman–Crippen LogP) is 0.433. The molecule has 0 amide bonds. The van der Waals surface area contributed by atoms with E-state index in [9.17, 15) is 49.8 Å². The zero-order valence-electron chi connectivity index (χ0n) is 22.2. The number of hydrogen-bond donors (Lipinski definition) is 8. The van der Waals surface area contributed by atoms with E-state index < -0.39 is 91.3 Å². The Morgan fingerprint density at radius 3 is 2.09 bits per heavy atom. The standard InChI is InChI=1S/C27H24O17/c28-9-18-25(23(39)26(43-21(37)7-19(33)34)27(42-18)44-22(38)8-20(35)36)41-17-6-12-14(31)4-11(29)5-16(12)40-24(17)10-1-2-13(30)15(32)3-10/h1-6,18,23,25-28,39H,7-9H2,(H5-,29,30,31,32,33,34,35,36)/p+1/t18-,23+,25-,26-,27-/m1/s1. The number of esters is 2. The maximum absolute atomic E-state index is 12.2. The van der Waals surface area contributed by atoms with Gasteiger partial charge in [0.15, 0.2) is 23.7 Å². The van der Waals surface area contributed by atoms with E-state index in [4.69, 9.17) is 33.6 Å². The van der Waals surface area contributed by atoms with Gasteiger partial charge in [-0.2, -0.15) is 0 Å². The SMILES string of the molecule is O=C(O)CC(=O)O[C@H]1O[C@H](CO)[C@@H](Oc2cc3c(O)cc(O)cc3[o+]c2-c2ccc(O)c(O)c2)[C@H](O)[C@H]1OC(=O)CC(=O)O. The topological polar surface area (TPSA) is 278 Å². The van der Waals surface area contributed by atoms with E-state index in [-0.39, 0.29) is 33.8 Å². The van der Waals surface area contributed by atoms with Gasteiger partial charge in [0.1, 0.15) is 41.9 Å². The zero-order valence-corrected chi connectivity index (χ0v) is 22.2. The molecule has 1 aliphatic rings. The molecular formula is C27H25O17+. The molecule has 0 aliphatic carbocycles. The van der Waals surface area contributed by atoms with Gasteiger partial charge in [-0.05, 0) is 12.1 Å². The summed E-state index contributed by atoms with van der Waals surface area (Å²) < 4.78 is 27.2. The number of phenols is 4. The third-order valence-electron chi connectivity index (χ3n) is 6.22. The highest BCUT2D eigenvalue weighted by atomic mass is 16.7. The first kappa shape index (κ1) is 31.5. The lowest BCUT2D eigenvalue weighted by Gasteiger charge is -2.42. The highest BCUT2D eigenvalue weighted by molar-refractivity contribution is 5.91. The van der Waals surface area contributed by atoms with Crippen LogP contribution in [0.2, 0.25) is 0 Å². The van der Waals surface area contributed by atoms with Crippen molar-refractivity contribution in [3.05, 3.63) is 36.4 Å². The van der Waals surface area contributed by atoms with Crippen LogP contribution < -0.4 is 4.74 Å². The fourth-order valence-electron chi connectivity index (χ4n) is 4.30. The minimum atomic E-state index is -2.05. The van der Waals surface area contributed by atoms with Crippen LogP contribution in [-0.2, 0) is 33.4 Å². The van der Waals surface area contributed by atoms with Gasteiger partial charge in [-0.3, -0.25) is 19.2 Å². The number of aliphatic hydroxyl groups is 2. The number of hydrogen-bond acceptors (Lipinski definition) is 14. The molecular weight excluding hydrogens is 596 g/mol. The minimum absolute atomic E-state index is 0.0266. The summed E-state index contributed by atoms with van der Waals surface area (Å²) in [7, 11) is 0. The first-order valence-electron chi connectivity index (χ1n) is 12.6. The quantitative estimate of drug-likeness (QED) is 0.0659. The van der Waals surface area contributed by atoms with Crippen molar-refractivity contribution in [3.63, 3.8) is 0 Å². The molecule has 0 bridgehead atoms. The van der Waals surface area contributed by atoms with Gasteiger partial charge in [0, 0.05) is 18.2 Å². The Labute approximate surface area is 245 Å². The average molecular weight is 621 g/mol. The van der Waals surface area contributed by atoms with Crippen molar-refractivity contribution in [2.24, 2.45) is 0 Å². The van der Waals surface area contributed by atoms with Crippen molar-refractivity contribution in [2.45, 2.75) is 43.5 Å². The normalized spacial score (nSPS) is 21.4. The molecule has 17 nitrogen and oxygen atoms in total. The van der Waals surface area contributed by atoms with Crippen LogP contribution in [0, 0.1) is 0 Å². The van der Waals surface area contributed by atoms with Crippen molar-refractivity contribution < 1.29 is 83.4 Å². The van der Waals surface area contributed by atoms with Crippen LogP contribution >= 0.6 is 0 Å². The Morgan fingerprint density at radius 2 is 1.48 bits per heavy atom. The Morgan fingerprint density at radius 1 is 0.818 bits per heavy atom. The molecule has 1 saturated heterocycles. The van der Waals surface area contributed by atoms with Crippen LogP contribution in [0.5, 0.6) is 28.7 Å². The molecule has 0 radical (unpaired) electrons. The number of benzene rings is 2. The van der Waals surface area contributed by atoms with Crippen molar-refractivity contribution in [2.75, 3.05) is 6.61 Å². The summed E-state index contributed by atoms with van der Waals surface area (Å²) in [5.41, 5.74) is -0.0147. The smallest absolute Gasteiger partial charge is 0.402 e. The highest BCUT2D eigenvalue weighted by Gasteiger charge is 2.51. The molecule has 44 heavy (non-hydrogen) atoms. The number of ether oxygens (including phenoxy) is 4. The van der Waals surface area contributed by atoms with Gasteiger partial charge < -0.3 is 59.8 Å². The maximum atomic E-state index is 12.2. The second-order valence-electron chi connectivity index (χ2n) is 9.40. The fraction of sp³-hybridized carbons (Fsp3) is 0.296. The summed E-state index contributed by atoms with van der Waals surface area (Å²) in [5.74, 6) is -8.41. The number of aromatic hydroxyl groups is 4. The number of aliphatic carboxylic acids is 2. The molecule has 0 unspecified atom stereocenters. The van der Waals surface area contributed by atoms with E-state index in [1.807, 2.05) is 0 Å². The summed E-state index contributed by atoms with van der Waals surface area (Å²) >= 11 is 0. The number of fused-ring (bicyclic) bond motifs is 1. The number of phenolic OH excluding ortho intramolecular Hbond substituents is 4. The van der Waals surface area contributed by atoms with Gasteiger partial charge in [-0.15, -0.1) is 0 Å². The van der Waals surface area contributed by atoms with Gasteiger partial charge in [0.05, 0.1) is 18.2 Å². The summed E-state index contributed by atoms with van der Waals surface area (Å²) in [6.07, 6.45) is -11.7. The molecule has 8 N–H and O–H groups in total. The van der Waals surface area contributed by atoms with Gasteiger partial charge in [-0.1, -0.05) is 0 Å². The first-order chi connectivity index (χ1) is 20.8. The molecule has 2 heterocycles. The predicted molar refractivity (Wildman–Crippen MR) is 139 cm³/mol. The number of carboxylic acid groups (broad SMARTS) is 2. The van der Waals surface area contributed by atoms with E-state index in [2.05, 4.69) is 0 Å². The second kappa shape index (κ2) is 12.9. The molecule has 0 saturated carbocycles. The third-order valence-corrected chi connectivity index (χ3v) is 6.22. The number of aliphatic hydroxyl groups excluding tert-OH is 2. The van der Waals surface area contributed by atoms with Crippen LogP contribution in [0.3, 0.4) is 0 Å². The number of rotatable bonds is 10. The van der Waals surface area contributed by atoms with E-state index in [1.165, 1.54) is 12.1 Å². The van der Waals surface area contributed by atoms with Gasteiger partial charge in [0.25, 0.3) is 0 Å². The molecule has 4 rings (SSSR count). The van der Waals surface area contributed by atoms with Gasteiger partial charge in [-0.25, -0.2) is 4.42 Å². The average Bonchev–Trinajstić information content (AvgIpc) is 2.92. The van der Waals surface area contributed by atoms with Crippen LogP contribution in [0.1, 0.15) is 12.8 Å². The lowest BCUT2D eigenvalue weighted by atomic mass is 9.98. The lowest BCUT2D eigenvalue weighted by molar-refractivity contribution is -0.292. The summed E-state index contributed by atoms with van der Waals surface area (Å²) in [6.45, 7) is -0.927. The minimum Gasteiger partial charge on any atom is -0.507 e. The molecule has 17 heteroatoms. The second-order valence-corrected chi connectivity index (χ2v) is 9.40. The molecule has 0 spiro atoms. The summed E-state index contributed by atoms with van der Waals surface area (Å²) in [5, 5.41) is 79.2. The number of carbonyl (C=O) groups is 4. The van der Waals surface area contributed by atoms with Crippen LogP contribution in [0.15, 0.2) is 40.8 Å². The van der Waals surface area contributed by atoms with Crippen molar-refractivity contribution in [1.82, 2.24) is 0 Å². The Bertz CT molecular complexity index is 1600. The summed E-state index contributed by atoms with van der Waals surface area (Å²) in [6, 6.07) is 6.79. The van der Waals surface area contributed by atoms with E-state index in [1.54, 1.807) is 0 Å². The Kier molecular flexibility index (Phi) is 9.22. The number of carbonyl (C=O) groups excluding carboxylic acids is 2. The largest absolute Gasteiger partial charge is 0.507 e. The monoisotopic (exact) mass is 621 g/mol. The van der Waals surface area contributed by atoms with Crippen molar-refractivity contribution in [3.8, 4) is 40.1 Å². The fourth-order valence-corrected chi connectivity index (χ4v) is 4.30. The summed E-state index contributed by atoms with van der Waals surface area (Å²) in [4.78, 5) is 46.2. The van der Waals surface area contributed by atoms with E-state index in [0.29, 0.717) is 0 Å². The van der Waals surface area contributed by atoms with E-state index >= 15 is 0 Å². The first-order valence-corrected chi connectivity index (χ1v) is 12.6. The van der Waals surface area contributed by atoms with Gasteiger partial charge in [0.2, 0.25) is 12.0 Å². The molecule has 2 aromatic carbocycles. The molecule has 1 fully saturated rings. The molecule has 5 atom stereocenters.